The second kappa shape index (κ2) is 5.57. The van der Waals surface area contributed by atoms with Gasteiger partial charge >= 0.3 is 0 Å². The molecule has 0 saturated heterocycles. The van der Waals surface area contributed by atoms with E-state index in [9.17, 15) is 9.70 Å². The first-order valence-electron chi connectivity index (χ1n) is 5.44. The fourth-order valence-corrected chi connectivity index (χ4v) is 1.76. The standard InChI is InChI=1S/C13H17NO3/c1-13(2,9-15)12(8-14-16)10-4-6-11(17-3)7-5-10/h4-7,9,12H,8H2,1-3H3/t12-/m0/s1. The molecule has 0 N–H and O–H groups in total. The normalized spacial score (nSPS) is 12.9. The maximum absolute atomic E-state index is 11.1. The van der Waals surface area contributed by atoms with Crippen LogP contribution in [0.1, 0.15) is 25.3 Å². The van der Waals surface area contributed by atoms with E-state index in [2.05, 4.69) is 5.18 Å². The maximum atomic E-state index is 11.1. The Bertz CT molecular complexity index is 384. The van der Waals surface area contributed by atoms with Gasteiger partial charge in [-0.15, -0.1) is 0 Å². The summed E-state index contributed by atoms with van der Waals surface area (Å²) in [4.78, 5) is 21.6. The zero-order chi connectivity index (χ0) is 12.9. The fraction of sp³-hybridized carbons (Fsp3) is 0.462. The van der Waals surface area contributed by atoms with Crippen LogP contribution in [0.2, 0.25) is 0 Å². The average molecular weight is 235 g/mol. The number of benzene rings is 1. The minimum atomic E-state index is -0.609. The highest BCUT2D eigenvalue weighted by Crippen LogP contribution is 2.34. The number of hydrogen-bond donors (Lipinski definition) is 0. The van der Waals surface area contributed by atoms with Gasteiger partial charge in [-0.1, -0.05) is 31.2 Å². The first-order valence-corrected chi connectivity index (χ1v) is 5.44. The highest BCUT2D eigenvalue weighted by Gasteiger charge is 2.30. The van der Waals surface area contributed by atoms with Crippen LogP contribution in [0.25, 0.3) is 0 Å². The van der Waals surface area contributed by atoms with Crippen molar-refractivity contribution in [3.05, 3.63) is 34.7 Å². The molecule has 0 fully saturated rings. The number of aldehydes is 1. The van der Waals surface area contributed by atoms with Gasteiger partial charge in [0.25, 0.3) is 0 Å². The molecule has 0 aliphatic rings. The number of rotatable bonds is 6. The molecule has 4 nitrogen and oxygen atoms in total. The summed E-state index contributed by atoms with van der Waals surface area (Å²) in [6.45, 7) is 3.71. The van der Waals surface area contributed by atoms with Gasteiger partial charge in [-0.05, 0) is 17.7 Å². The lowest BCUT2D eigenvalue weighted by molar-refractivity contribution is -0.115. The van der Waals surface area contributed by atoms with Crippen molar-refractivity contribution in [1.82, 2.24) is 0 Å². The summed E-state index contributed by atoms with van der Waals surface area (Å²) in [7, 11) is 1.59. The molecule has 0 aromatic heterocycles. The molecule has 0 aliphatic heterocycles. The summed E-state index contributed by atoms with van der Waals surface area (Å²) in [5.41, 5.74) is 0.310. The Hall–Kier alpha value is -1.71. The van der Waals surface area contributed by atoms with Crippen LogP contribution < -0.4 is 4.74 Å². The molecule has 1 aromatic rings. The Morgan fingerprint density at radius 1 is 1.35 bits per heavy atom. The smallest absolute Gasteiger partial charge is 0.126 e. The summed E-state index contributed by atoms with van der Waals surface area (Å²) in [5.74, 6) is 0.541. The summed E-state index contributed by atoms with van der Waals surface area (Å²) in [6, 6.07) is 7.35. The largest absolute Gasteiger partial charge is 0.497 e. The van der Waals surface area contributed by atoms with Crippen LogP contribution in [-0.2, 0) is 4.79 Å². The molecule has 92 valence electrons. The molecule has 1 atom stereocenters. The number of carbonyl (C=O) groups excluding carboxylic acids is 1. The van der Waals surface area contributed by atoms with E-state index in [1.807, 2.05) is 24.3 Å². The minimum Gasteiger partial charge on any atom is -0.497 e. The molecular weight excluding hydrogens is 218 g/mol. The molecular formula is C13H17NO3. The average Bonchev–Trinajstić information content (AvgIpc) is 2.36. The van der Waals surface area contributed by atoms with Crippen LogP contribution in [-0.4, -0.2) is 19.9 Å². The topological polar surface area (TPSA) is 55.7 Å². The number of methoxy groups -OCH3 is 1. The third-order valence-corrected chi connectivity index (χ3v) is 2.98. The van der Waals surface area contributed by atoms with Gasteiger partial charge < -0.3 is 9.53 Å². The number of nitroso groups, excluding NO2 is 1. The van der Waals surface area contributed by atoms with Gasteiger partial charge in [0, 0.05) is 11.3 Å². The monoisotopic (exact) mass is 235 g/mol. The van der Waals surface area contributed by atoms with Crippen molar-refractivity contribution < 1.29 is 9.53 Å². The van der Waals surface area contributed by atoms with Gasteiger partial charge in [-0.3, -0.25) is 0 Å². The van der Waals surface area contributed by atoms with Crippen LogP contribution in [0, 0.1) is 10.3 Å². The molecule has 4 heteroatoms. The second-order valence-electron chi connectivity index (χ2n) is 4.58. The molecule has 0 aliphatic carbocycles. The quantitative estimate of drug-likeness (QED) is 0.562. The highest BCUT2D eigenvalue weighted by molar-refractivity contribution is 5.60. The Balaban J connectivity index is 3.04. The van der Waals surface area contributed by atoms with Gasteiger partial charge in [-0.25, -0.2) is 0 Å². The Morgan fingerprint density at radius 2 is 1.94 bits per heavy atom. The minimum absolute atomic E-state index is 0.0953. The number of hydrogen-bond acceptors (Lipinski definition) is 4. The van der Waals surface area contributed by atoms with Crippen LogP contribution in [0.5, 0.6) is 5.75 Å². The number of ether oxygens (including phenoxy) is 1. The molecule has 1 aromatic carbocycles. The Kier molecular flexibility index (Phi) is 4.37. The lowest BCUT2D eigenvalue weighted by Gasteiger charge is -2.27. The SMILES string of the molecule is COc1ccc([C@H](CN=O)C(C)(C)C=O)cc1. The van der Waals surface area contributed by atoms with Crippen molar-refractivity contribution >= 4 is 6.29 Å². The van der Waals surface area contributed by atoms with Gasteiger partial charge in [0.2, 0.25) is 0 Å². The van der Waals surface area contributed by atoms with Crippen LogP contribution >= 0.6 is 0 Å². The van der Waals surface area contributed by atoms with Crippen molar-refractivity contribution in [2.24, 2.45) is 10.6 Å². The zero-order valence-electron chi connectivity index (χ0n) is 10.3. The summed E-state index contributed by atoms with van der Waals surface area (Å²) in [6.07, 6.45) is 0.868. The van der Waals surface area contributed by atoms with Gasteiger partial charge in [0.05, 0.1) is 13.7 Å². The predicted molar refractivity (Wildman–Crippen MR) is 66.2 cm³/mol. The Labute approximate surface area is 101 Å². The molecule has 0 bridgehead atoms. The molecule has 1 rings (SSSR count). The molecule has 0 saturated carbocycles. The highest BCUT2D eigenvalue weighted by atomic mass is 16.5. The third-order valence-electron chi connectivity index (χ3n) is 2.98. The van der Waals surface area contributed by atoms with E-state index in [4.69, 9.17) is 4.74 Å². The van der Waals surface area contributed by atoms with E-state index in [1.165, 1.54) is 0 Å². The van der Waals surface area contributed by atoms with Gasteiger partial charge in [-0.2, -0.15) is 4.91 Å². The van der Waals surface area contributed by atoms with Crippen molar-refractivity contribution in [2.75, 3.05) is 13.7 Å². The molecule has 17 heavy (non-hydrogen) atoms. The summed E-state index contributed by atoms with van der Waals surface area (Å²) < 4.78 is 5.07. The van der Waals surface area contributed by atoms with E-state index < -0.39 is 5.41 Å². The van der Waals surface area contributed by atoms with E-state index in [1.54, 1.807) is 21.0 Å². The maximum Gasteiger partial charge on any atom is 0.126 e. The molecule has 0 unspecified atom stereocenters. The number of carbonyl (C=O) groups is 1. The fourth-order valence-electron chi connectivity index (χ4n) is 1.76. The zero-order valence-corrected chi connectivity index (χ0v) is 10.3. The third kappa shape index (κ3) is 3.12. The summed E-state index contributed by atoms with van der Waals surface area (Å²) >= 11 is 0. The molecule has 0 spiro atoms. The first kappa shape index (κ1) is 13.4. The number of nitrogens with zero attached hydrogens (tertiary/aromatic N) is 1. The Morgan fingerprint density at radius 3 is 2.35 bits per heavy atom. The van der Waals surface area contributed by atoms with Gasteiger partial charge in [0.15, 0.2) is 0 Å². The lowest BCUT2D eigenvalue weighted by atomic mass is 9.76. The van der Waals surface area contributed by atoms with Crippen LogP contribution in [0.15, 0.2) is 29.4 Å². The van der Waals surface area contributed by atoms with E-state index in [0.717, 1.165) is 17.6 Å². The van der Waals surface area contributed by atoms with Crippen molar-refractivity contribution in [1.29, 1.82) is 0 Å². The van der Waals surface area contributed by atoms with E-state index in [-0.39, 0.29) is 12.5 Å². The van der Waals surface area contributed by atoms with Crippen molar-refractivity contribution in [2.45, 2.75) is 19.8 Å². The first-order chi connectivity index (χ1) is 8.05. The second-order valence-corrected chi connectivity index (χ2v) is 4.58. The molecule has 0 heterocycles. The molecule has 0 amide bonds. The van der Waals surface area contributed by atoms with E-state index in [0.29, 0.717) is 0 Å². The lowest BCUT2D eigenvalue weighted by Crippen LogP contribution is -2.26. The van der Waals surface area contributed by atoms with Crippen LogP contribution in [0.3, 0.4) is 0 Å². The van der Waals surface area contributed by atoms with Gasteiger partial charge in [0.1, 0.15) is 12.0 Å². The van der Waals surface area contributed by atoms with Crippen LogP contribution in [0.4, 0.5) is 0 Å². The predicted octanol–water partition coefficient (Wildman–Crippen LogP) is 2.77. The van der Waals surface area contributed by atoms with Crippen molar-refractivity contribution in [3.8, 4) is 5.75 Å². The summed E-state index contributed by atoms with van der Waals surface area (Å²) in [5, 5.41) is 2.93. The van der Waals surface area contributed by atoms with Crippen molar-refractivity contribution in [3.63, 3.8) is 0 Å². The van der Waals surface area contributed by atoms with E-state index >= 15 is 0 Å². The molecule has 0 radical (unpaired) electrons.